The number of alkyl halides is 3. The van der Waals surface area contributed by atoms with E-state index in [9.17, 15) is 27.6 Å². The molecule has 43 heavy (non-hydrogen) atoms. The number of ether oxygens (including phenoxy) is 2. The van der Waals surface area contributed by atoms with Crippen LogP contribution >= 0.6 is 11.3 Å². The third-order valence-corrected chi connectivity index (χ3v) is 7.69. The summed E-state index contributed by atoms with van der Waals surface area (Å²) < 4.78 is 52.8. The number of thiazole rings is 1. The number of benzene rings is 1. The fourth-order valence-corrected chi connectivity index (χ4v) is 5.67. The number of aromatic nitrogens is 3. The molecule has 0 fully saturated rings. The SMILES string of the molecule is CCCC(=O)Cc1cc(-c2nc(C(F)(F)F)cs2)c(-c2ccc3c(c2)c(=O)c(C(=O)NC)cn3C(COC)COC)cn1. The summed E-state index contributed by atoms with van der Waals surface area (Å²) in [4.78, 5) is 46.9. The van der Waals surface area contributed by atoms with Crippen LogP contribution in [-0.4, -0.2) is 60.7 Å². The van der Waals surface area contributed by atoms with Crippen LogP contribution in [0.25, 0.3) is 32.6 Å². The summed E-state index contributed by atoms with van der Waals surface area (Å²) in [6, 6.07) is 6.19. The topological polar surface area (TPSA) is 112 Å². The molecule has 0 spiro atoms. The Hall–Kier alpha value is -3.94. The number of hydrogen-bond donors (Lipinski definition) is 1. The second-order valence-corrected chi connectivity index (χ2v) is 10.7. The monoisotopic (exact) mass is 616 g/mol. The Morgan fingerprint density at radius 1 is 1.12 bits per heavy atom. The molecule has 0 saturated carbocycles. The Balaban J connectivity index is 1.96. The quantitative estimate of drug-likeness (QED) is 0.230. The van der Waals surface area contributed by atoms with Gasteiger partial charge in [0.15, 0.2) is 5.69 Å². The van der Waals surface area contributed by atoms with Crippen LogP contribution in [0.3, 0.4) is 0 Å². The summed E-state index contributed by atoms with van der Waals surface area (Å²) in [5, 5.41) is 3.72. The molecule has 0 bridgehead atoms. The van der Waals surface area contributed by atoms with Gasteiger partial charge >= 0.3 is 6.18 Å². The minimum atomic E-state index is -4.63. The molecule has 3 aromatic heterocycles. The van der Waals surface area contributed by atoms with Crippen molar-refractivity contribution < 1.29 is 32.2 Å². The van der Waals surface area contributed by atoms with Crippen LogP contribution in [-0.2, 0) is 26.9 Å². The lowest BCUT2D eigenvalue weighted by Gasteiger charge is -2.23. The largest absolute Gasteiger partial charge is 0.434 e. The molecule has 0 aliphatic rings. The minimum Gasteiger partial charge on any atom is -0.382 e. The molecule has 1 amide bonds. The Kier molecular flexibility index (Phi) is 10.1. The first-order valence-electron chi connectivity index (χ1n) is 13.4. The number of Topliss-reactive ketones (excluding diaryl/α,β-unsaturated/α-hetero) is 1. The van der Waals surface area contributed by atoms with E-state index >= 15 is 0 Å². The van der Waals surface area contributed by atoms with Gasteiger partial charge in [0, 0.05) is 74.1 Å². The number of pyridine rings is 2. The lowest BCUT2D eigenvalue weighted by molar-refractivity contribution is -0.140. The molecular weight excluding hydrogens is 585 g/mol. The maximum atomic E-state index is 13.6. The number of hydrogen-bond acceptors (Lipinski definition) is 8. The molecule has 4 aromatic rings. The van der Waals surface area contributed by atoms with E-state index in [-0.39, 0.29) is 47.4 Å². The predicted molar refractivity (Wildman–Crippen MR) is 157 cm³/mol. The molecule has 0 atom stereocenters. The van der Waals surface area contributed by atoms with Crippen LogP contribution in [0, 0.1) is 0 Å². The van der Waals surface area contributed by atoms with Gasteiger partial charge in [-0.2, -0.15) is 13.2 Å². The van der Waals surface area contributed by atoms with E-state index in [2.05, 4.69) is 15.3 Å². The van der Waals surface area contributed by atoms with E-state index in [0.29, 0.717) is 40.7 Å². The normalized spacial score (nSPS) is 11.8. The standard InChI is InChI=1S/C30H31F3N4O5S/c1-5-6-20(38)10-18-11-21(29-36-26(16-43-29)30(31,32)33)23(12-35-18)17-7-8-25-22(9-17)27(39)24(28(40)34-2)13-37(25)19(14-41-3)15-42-4/h7-9,11-13,16,19H,5-6,10,14-15H2,1-4H3,(H,34,40). The van der Waals surface area contributed by atoms with Crippen LogP contribution in [0.5, 0.6) is 0 Å². The molecule has 0 aliphatic heterocycles. The second kappa shape index (κ2) is 13.6. The summed E-state index contributed by atoms with van der Waals surface area (Å²) in [6.07, 6.45) is -0.655. The number of amides is 1. The highest BCUT2D eigenvalue weighted by Crippen LogP contribution is 2.38. The van der Waals surface area contributed by atoms with Gasteiger partial charge in [0.25, 0.3) is 5.91 Å². The molecule has 1 N–H and O–H groups in total. The molecule has 0 saturated heterocycles. The molecule has 3 heterocycles. The smallest absolute Gasteiger partial charge is 0.382 e. The summed E-state index contributed by atoms with van der Waals surface area (Å²) in [5.74, 6) is -0.621. The Morgan fingerprint density at radius 2 is 1.84 bits per heavy atom. The Labute approximate surface area is 249 Å². The minimum absolute atomic E-state index is 0.0247. The summed E-state index contributed by atoms with van der Waals surface area (Å²) in [7, 11) is 4.48. The van der Waals surface area contributed by atoms with Gasteiger partial charge in [-0.3, -0.25) is 19.4 Å². The predicted octanol–water partition coefficient (Wildman–Crippen LogP) is 5.31. The van der Waals surface area contributed by atoms with Crippen molar-refractivity contribution in [3.63, 3.8) is 0 Å². The second-order valence-electron chi connectivity index (χ2n) is 9.88. The van der Waals surface area contributed by atoms with Gasteiger partial charge in [0.05, 0.1) is 24.8 Å². The third-order valence-electron chi connectivity index (χ3n) is 6.82. The maximum absolute atomic E-state index is 13.6. The van der Waals surface area contributed by atoms with Crippen molar-refractivity contribution in [2.75, 3.05) is 34.5 Å². The van der Waals surface area contributed by atoms with E-state index < -0.39 is 23.2 Å². The molecule has 13 heteroatoms. The van der Waals surface area contributed by atoms with Gasteiger partial charge in [-0.1, -0.05) is 13.0 Å². The molecule has 0 radical (unpaired) electrons. The van der Waals surface area contributed by atoms with Crippen molar-refractivity contribution in [1.29, 1.82) is 0 Å². The number of nitrogens with one attached hydrogen (secondary N) is 1. The first-order chi connectivity index (χ1) is 20.5. The zero-order chi connectivity index (χ0) is 31.3. The zero-order valence-electron chi connectivity index (χ0n) is 24.1. The van der Waals surface area contributed by atoms with Crippen molar-refractivity contribution in [2.24, 2.45) is 0 Å². The van der Waals surface area contributed by atoms with Crippen LogP contribution in [0.4, 0.5) is 13.2 Å². The van der Waals surface area contributed by atoms with Crippen LogP contribution < -0.4 is 10.7 Å². The number of halogens is 3. The average molecular weight is 617 g/mol. The van der Waals surface area contributed by atoms with Gasteiger partial charge in [-0.05, 0) is 30.2 Å². The molecule has 1 aromatic carbocycles. The number of ketones is 1. The summed E-state index contributed by atoms with van der Waals surface area (Å²) >= 11 is 0.819. The summed E-state index contributed by atoms with van der Waals surface area (Å²) in [5.41, 5.74) is 0.481. The van der Waals surface area contributed by atoms with Gasteiger partial charge in [-0.15, -0.1) is 11.3 Å². The average Bonchev–Trinajstić information content (AvgIpc) is 3.48. The molecule has 228 valence electrons. The number of carbonyl (C=O) groups is 2. The first kappa shape index (κ1) is 32.0. The molecule has 0 unspecified atom stereocenters. The van der Waals surface area contributed by atoms with Gasteiger partial charge in [0.1, 0.15) is 16.4 Å². The highest BCUT2D eigenvalue weighted by molar-refractivity contribution is 7.13. The van der Waals surface area contributed by atoms with Gasteiger partial charge in [-0.25, -0.2) is 4.98 Å². The van der Waals surface area contributed by atoms with E-state index in [1.54, 1.807) is 28.8 Å². The van der Waals surface area contributed by atoms with Crippen LogP contribution in [0.1, 0.15) is 47.6 Å². The molecular formula is C30H31F3N4O5S. The molecule has 4 rings (SSSR count). The number of fused-ring (bicyclic) bond motifs is 1. The van der Waals surface area contributed by atoms with E-state index in [0.717, 1.165) is 16.7 Å². The number of methoxy groups -OCH3 is 2. The molecule has 9 nitrogen and oxygen atoms in total. The fourth-order valence-electron chi connectivity index (χ4n) is 4.81. The fraction of sp³-hybridized carbons (Fsp3) is 0.367. The molecule has 0 aliphatic carbocycles. The van der Waals surface area contributed by atoms with Crippen LogP contribution in [0.2, 0.25) is 0 Å². The van der Waals surface area contributed by atoms with E-state index in [4.69, 9.17) is 9.47 Å². The van der Waals surface area contributed by atoms with Gasteiger partial charge < -0.3 is 19.4 Å². The Morgan fingerprint density at radius 3 is 2.44 bits per heavy atom. The van der Waals surface area contributed by atoms with Crippen molar-refractivity contribution in [3.05, 3.63) is 69.2 Å². The number of carbonyl (C=O) groups excluding carboxylic acids is 2. The zero-order valence-corrected chi connectivity index (χ0v) is 24.9. The Bertz CT molecular complexity index is 1690. The van der Waals surface area contributed by atoms with E-state index in [1.807, 2.05) is 6.92 Å². The maximum Gasteiger partial charge on any atom is 0.434 e. The third kappa shape index (κ3) is 7.00. The van der Waals surface area contributed by atoms with Crippen molar-refractivity contribution in [3.8, 4) is 21.7 Å². The highest BCUT2D eigenvalue weighted by atomic mass is 32.1. The van der Waals surface area contributed by atoms with Crippen molar-refractivity contribution in [1.82, 2.24) is 19.9 Å². The highest BCUT2D eigenvalue weighted by Gasteiger charge is 2.34. The lowest BCUT2D eigenvalue weighted by Crippen LogP contribution is -2.29. The van der Waals surface area contributed by atoms with E-state index in [1.165, 1.54) is 33.7 Å². The van der Waals surface area contributed by atoms with Crippen molar-refractivity contribution >= 4 is 33.9 Å². The first-order valence-corrected chi connectivity index (χ1v) is 14.3. The van der Waals surface area contributed by atoms with Crippen molar-refractivity contribution in [2.45, 2.75) is 38.4 Å². The van der Waals surface area contributed by atoms with Crippen LogP contribution in [0.15, 0.2) is 46.8 Å². The summed E-state index contributed by atoms with van der Waals surface area (Å²) in [6.45, 7) is 2.35. The number of rotatable bonds is 12. The van der Waals surface area contributed by atoms with Gasteiger partial charge in [0.2, 0.25) is 5.43 Å². The number of nitrogens with zero attached hydrogens (tertiary/aromatic N) is 3. The lowest BCUT2D eigenvalue weighted by atomic mass is 9.97.